The Balaban J connectivity index is 2.77. The molecule has 0 aliphatic rings. The molecule has 1 aromatic carbocycles. The number of rotatable bonds is 11. The van der Waals surface area contributed by atoms with Crippen LogP contribution < -0.4 is 21.7 Å². The van der Waals surface area contributed by atoms with Gasteiger partial charge in [0.15, 0.2) is 0 Å². The lowest BCUT2D eigenvalue weighted by atomic mass is 10.1. The minimum absolute atomic E-state index is 0.0274. The predicted octanol–water partition coefficient (Wildman–Crippen LogP) is -1.71. The van der Waals surface area contributed by atoms with Crippen molar-refractivity contribution in [1.82, 2.24) is 16.0 Å². The topological polar surface area (TPSA) is 171 Å². The second-order valence-electron chi connectivity index (χ2n) is 6.02. The number of aromatic hydroxyl groups is 1. The van der Waals surface area contributed by atoms with Crippen molar-refractivity contribution in [2.75, 3.05) is 18.1 Å². The molecule has 7 N–H and O–H groups in total. The second kappa shape index (κ2) is 12.2. The third-order valence-corrected chi connectivity index (χ3v) is 4.56. The Hall–Kier alpha value is -2.44. The summed E-state index contributed by atoms with van der Waals surface area (Å²) in [7, 11) is 0. The molecule has 0 radical (unpaired) electrons. The Bertz CT molecular complexity index is 731. The van der Waals surface area contributed by atoms with Crippen LogP contribution in [0, 0.1) is 0 Å². The summed E-state index contributed by atoms with van der Waals surface area (Å²) in [5.41, 5.74) is 5.78. The summed E-state index contributed by atoms with van der Waals surface area (Å²) in [6.45, 7) is -0.314. The van der Waals surface area contributed by atoms with E-state index in [1.165, 1.54) is 24.3 Å². The molecule has 0 aromatic heterocycles. The van der Waals surface area contributed by atoms with E-state index in [-0.39, 0.29) is 30.2 Å². The van der Waals surface area contributed by atoms with Crippen LogP contribution in [0.2, 0.25) is 0 Å². The average molecular weight is 445 g/mol. The van der Waals surface area contributed by atoms with Gasteiger partial charge in [-0.1, -0.05) is 12.1 Å². The van der Waals surface area contributed by atoms with Crippen molar-refractivity contribution in [2.24, 2.45) is 5.73 Å². The van der Waals surface area contributed by atoms with Gasteiger partial charge in [0.05, 0.1) is 6.54 Å². The van der Waals surface area contributed by atoms with E-state index >= 15 is 0 Å². The number of thiol groups is 2. The molecular weight excluding hydrogens is 420 g/mol. The lowest BCUT2D eigenvalue weighted by Crippen LogP contribution is -2.57. The minimum atomic E-state index is -1.26. The summed E-state index contributed by atoms with van der Waals surface area (Å²) in [6, 6.07) is 2.46. The fraction of sp³-hybridized carbons (Fsp3) is 0.412. The van der Waals surface area contributed by atoms with Gasteiger partial charge in [0.2, 0.25) is 17.7 Å². The van der Waals surface area contributed by atoms with Crippen molar-refractivity contribution in [3.05, 3.63) is 29.8 Å². The van der Waals surface area contributed by atoms with E-state index in [1.54, 1.807) is 0 Å². The standard InChI is InChI=1S/C17H24N4O6S2/c18-6-14(23)19-12(7-28)15(24)21-13(8-29)16(25)20-11(17(26)27)5-9-1-3-10(22)4-2-9/h1-4,11-13,22,28-29H,5-8,18H2,(H,19,23)(H,20,25)(H,21,24)(H,26,27). The van der Waals surface area contributed by atoms with Gasteiger partial charge in [0, 0.05) is 17.9 Å². The number of carbonyl (C=O) groups excluding carboxylic acids is 3. The summed E-state index contributed by atoms with van der Waals surface area (Å²) in [5, 5.41) is 25.8. The Labute approximate surface area is 178 Å². The maximum Gasteiger partial charge on any atom is 0.326 e. The van der Waals surface area contributed by atoms with Gasteiger partial charge in [-0.2, -0.15) is 25.3 Å². The van der Waals surface area contributed by atoms with Crippen molar-refractivity contribution in [3.63, 3.8) is 0 Å². The molecule has 1 rings (SSSR count). The number of carbonyl (C=O) groups is 4. The molecule has 0 fully saturated rings. The van der Waals surface area contributed by atoms with E-state index in [9.17, 15) is 29.4 Å². The van der Waals surface area contributed by atoms with E-state index in [2.05, 4.69) is 41.2 Å². The number of phenolic OH excluding ortho intramolecular Hbond substituents is 1. The van der Waals surface area contributed by atoms with Crippen molar-refractivity contribution in [3.8, 4) is 5.75 Å². The monoisotopic (exact) mass is 444 g/mol. The molecule has 3 amide bonds. The number of aliphatic carboxylic acids is 1. The van der Waals surface area contributed by atoms with Gasteiger partial charge in [-0.25, -0.2) is 4.79 Å². The summed E-state index contributed by atoms with van der Waals surface area (Å²) >= 11 is 8.01. The molecule has 0 spiro atoms. The normalized spacial score (nSPS) is 13.6. The molecular formula is C17H24N4O6S2. The highest BCUT2D eigenvalue weighted by Gasteiger charge is 2.28. The number of benzene rings is 1. The Morgan fingerprint density at radius 2 is 1.38 bits per heavy atom. The van der Waals surface area contributed by atoms with Crippen LogP contribution >= 0.6 is 25.3 Å². The lowest BCUT2D eigenvalue weighted by molar-refractivity contribution is -0.142. The average Bonchev–Trinajstić information content (AvgIpc) is 2.70. The largest absolute Gasteiger partial charge is 0.508 e. The first kappa shape index (κ1) is 24.6. The molecule has 3 atom stereocenters. The molecule has 0 saturated heterocycles. The van der Waals surface area contributed by atoms with Gasteiger partial charge in [-0.15, -0.1) is 0 Å². The molecule has 3 unspecified atom stereocenters. The van der Waals surface area contributed by atoms with Gasteiger partial charge in [0.25, 0.3) is 0 Å². The molecule has 0 aliphatic carbocycles. The first-order valence-electron chi connectivity index (χ1n) is 8.54. The first-order chi connectivity index (χ1) is 13.7. The second-order valence-corrected chi connectivity index (χ2v) is 6.75. The SMILES string of the molecule is NCC(=O)NC(CS)C(=O)NC(CS)C(=O)NC(Cc1ccc(O)cc1)C(=O)O. The number of nitrogens with two attached hydrogens (primary N) is 1. The van der Waals surface area contributed by atoms with Crippen LogP contribution in [0.25, 0.3) is 0 Å². The molecule has 29 heavy (non-hydrogen) atoms. The Kier molecular flexibility index (Phi) is 10.3. The molecule has 0 bridgehead atoms. The Morgan fingerprint density at radius 1 is 0.897 bits per heavy atom. The van der Waals surface area contributed by atoms with Crippen molar-refractivity contribution >= 4 is 48.9 Å². The zero-order chi connectivity index (χ0) is 22.0. The van der Waals surface area contributed by atoms with Gasteiger partial charge in [-0.05, 0) is 17.7 Å². The van der Waals surface area contributed by atoms with Crippen molar-refractivity contribution in [1.29, 1.82) is 0 Å². The van der Waals surface area contributed by atoms with E-state index in [0.717, 1.165) is 0 Å². The number of amides is 3. The lowest BCUT2D eigenvalue weighted by Gasteiger charge is -2.23. The summed E-state index contributed by atoms with van der Waals surface area (Å²) in [4.78, 5) is 47.6. The maximum atomic E-state index is 12.5. The highest BCUT2D eigenvalue weighted by Crippen LogP contribution is 2.11. The van der Waals surface area contributed by atoms with E-state index in [4.69, 9.17) is 5.73 Å². The fourth-order valence-electron chi connectivity index (χ4n) is 2.25. The smallest absolute Gasteiger partial charge is 0.326 e. The summed E-state index contributed by atoms with van der Waals surface area (Å²) in [5.74, 6) is -3.36. The van der Waals surface area contributed by atoms with Gasteiger partial charge in [0.1, 0.15) is 23.9 Å². The number of carboxylic acids is 1. The Morgan fingerprint density at radius 3 is 1.83 bits per heavy atom. The van der Waals surface area contributed by atoms with Gasteiger partial charge in [-0.3, -0.25) is 14.4 Å². The number of nitrogens with one attached hydrogen (secondary N) is 3. The highest BCUT2D eigenvalue weighted by molar-refractivity contribution is 7.80. The van der Waals surface area contributed by atoms with Gasteiger partial charge >= 0.3 is 5.97 Å². The molecule has 1 aromatic rings. The van der Waals surface area contributed by atoms with Crippen molar-refractivity contribution < 1.29 is 29.4 Å². The zero-order valence-electron chi connectivity index (χ0n) is 15.4. The van der Waals surface area contributed by atoms with E-state index in [0.29, 0.717) is 5.56 Å². The quantitative estimate of drug-likeness (QED) is 0.188. The van der Waals surface area contributed by atoms with E-state index in [1.807, 2.05) is 0 Å². The molecule has 0 heterocycles. The highest BCUT2D eigenvalue weighted by atomic mass is 32.1. The van der Waals surface area contributed by atoms with Crippen LogP contribution in [0.3, 0.4) is 0 Å². The van der Waals surface area contributed by atoms with Gasteiger partial charge < -0.3 is 31.9 Å². The third-order valence-electron chi connectivity index (χ3n) is 3.83. The predicted molar refractivity (Wildman–Crippen MR) is 112 cm³/mol. The molecule has 160 valence electrons. The maximum absolute atomic E-state index is 12.5. The summed E-state index contributed by atoms with van der Waals surface area (Å²) < 4.78 is 0. The van der Waals surface area contributed by atoms with Crippen molar-refractivity contribution in [2.45, 2.75) is 24.5 Å². The number of phenols is 1. The number of hydrogen-bond acceptors (Lipinski definition) is 8. The molecule has 10 nitrogen and oxygen atoms in total. The van der Waals surface area contributed by atoms with Crippen LogP contribution in [0.1, 0.15) is 5.56 Å². The van der Waals surface area contributed by atoms with Crippen LogP contribution in [-0.2, 0) is 25.6 Å². The van der Waals surface area contributed by atoms with Crippen LogP contribution in [0.15, 0.2) is 24.3 Å². The summed E-state index contributed by atoms with van der Waals surface area (Å²) in [6.07, 6.45) is -0.0274. The molecule has 12 heteroatoms. The molecule has 0 saturated carbocycles. The minimum Gasteiger partial charge on any atom is -0.508 e. The molecule has 0 aliphatic heterocycles. The van der Waals surface area contributed by atoms with E-state index < -0.39 is 41.8 Å². The zero-order valence-corrected chi connectivity index (χ0v) is 17.2. The number of carboxylic acid groups (broad SMARTS) is 1. The first-order valence-corrected chi connectivity index (χ1v) is 9.80. The van der Waals surface area contributed by atoms with Crippen LogP contribution in [0.4, 0.5) is 0 Å². The van der Waals surface area contributed by atoms with Crippen LogP contribution in [-0.4, -0.2) is 70.1 Å². The third kappa shape index (κ3) is 8.21. The van der Waals surface area contributed by atoms with Crippen LogP contribution in [0.5, 0.6) is 5.75 Å². The number of hydrogen-bond donors (Lipinski definition) is 8. The fourth-order valence-corrected chi connectivity index (χ4v) is 2.77.